The number of anilines is 1. The number of nitro groups is 1. The topological polar surface area (TPSA) is 117 Å². The van der Waals surface area contributed by atoms with E-state index in [1.54, 1.807) is 13.0 Å². The molecule has 0 aliphatic rings. The summed E-state index contributed by atoms with van der Waals surface area (Å²) in [5, 5.41) is 10.8. The Morgan fingerprint density at radius 3 is 2.50 bits per heavy atom. The molecule has 126 valence electrons. The van der Waals surface area contributed by atoms with E-state index in [9.17, 15) is 19.7 Å². The molecule has 0 radical (unpaired) electrons. The first kappa shape index (κ1) is 17.2. The SMILES string of the molecule is Cc1cc(C(=O)COC(=O)c2ccc(N)c([N+](=O)[O-])c2)c(C)n1C. The van der Waals surface area contributed by atoms with Crippen LogP contribution in [0.2, 0.25) is 0 Å². The van der Waals surface area contributed by atoms with Gasteiger partial charge in [-0.3, -0.25) is 14.9 Å². The summed E-state index contributed by atoms with van der Waals surface area (Å²) in [6, 6.07) is 5.31. The van der Waals surface area contributed by atoms with Gasteiger partial charge in [0.15, 0.2) is 6.61 Å². The van der Waals surface area contributed by atoms with Crippen LogP contribution in [-0.4, -0.2) is 27.8 Å². The fraction of sp³-hybridized carbons (Fsp3) is 0.250. The van der Waals surface area contributed by atoms with Gasteiger partial charge < -0.3 is 15.0 Å². The summed E-state index contributed by atoms with van der Waals surface area (Å²) in [4.78, 5) is 34.3. The fourth-order valence-electron chi connectivity index (χ4n) is 2.26. The van der Waals surface area contributed by atoms with Gasteiger partial charge in [0, 0.05) is 30.1 Å². The molecule has 1 aromatic carbocycles. The number of benzene rings is 1. The van der Waals surface area contributed by atoms with Crippen LogP contribution in [0.5, 0.6) is 0 Å². The number of nitrogen functional groups attached to an aromatic ring is 1. The van der Waals surface area contributed by atoms with Gasteiger partial charge in [-0.25, -0.2) is 4.79 Å². The van der Waals surface area contributed by atoms with Crippen molar-refractivity contribution in [3.05, 3.63) is 56.9 Å². The second-order valence-corrected chi connectivity index (χ2v) is 5.37. The quantitative estimate of drug-likeness (QED) is 0.295. The number of hydrogen-bond donors (Lipinski definition) is 1. The van der Waals surface area contributed by atoms with Gasteiger partial charge in [-0.05, 0) is 32.0 Å². The van der Waals surface area contributed by atoms with Crippen molar-refractivity contribution in [2.24, 2.45) is 7.05 Å². The van der Waals surface area contributed by atoms with Crippen LogP contribution in [0.3, 0.4) is 0 Å². The third-order valence-electron chi connectivity index (χ3n) is 3.87. The first-order valence-corrected chi connectivity index (χ1v) is 7.09. The number of esters is 1. The van der Waals surface area contributed by atoms with Crippen molar-refractivity contribution in [3.8, 4) is 0 Å². The lowest BCUT2D eigenvalue weighted by Crippen LogP contribution is -2.15. The van der Waals surface area contributed by atoms with Crippen LogP contribution in [0.15, 0.2) is 24.3 Å². The Balaban J connectivity index is 2.10. The minimum Gasteiger partial charge on any atom is -0.454 e. The first-order valence-electron chi connectivity index (χ1n) is 7.09. The standard InChI is InChI=1S/C16H17N3O5/c1-9-6-12(10(2)18(9)3)15(20)8-24-16(21)11-4-5-13(17)14(7-11)19(22)23/h4-7H,8,17H2,1-3H3. The zero-order chi connectivity index (χ0) is 18.0. The van der Waals surface area contributed by atoms with Crippen LogP contribution in [0.25, 0.3) is 0 Å². The van der Waals surface area contributed by atoms with Crippen molar-refractivity contribution in [2.45, 2.75) is 13.8 Å². The first-order chi connectivity index (χ1) is 11.2. The van der Waals surface area contributed by atoms with E-state index in [1.165, 1.54) is 12.1 Å². The summed E-state index contributed by atoms with van der Waals surface area (Å²) in [6.07, 6.45) is 0. The number of carbonyl (C=O) groups is 2. The number of Topliss-reactive ketones (excluding diaryl/α,β-unsaturated/α-hetero) is 1. The van der Waals surface area contributed by atoms with Gasteiger partial charge in [0.25, 0.3) is 5.69 Å². The Hall–Kier alpha value is -3.16. The molecule has 8 heteroatoms. The molecule has 2 N–H and O–H groups in total. The Morgan fingerprint density at radius 1 is 1.29 bits per heavy atom. The van der Waals surface area contributed by atoms with Crippen LogP contribution >= 0.6 is 0 Å². The van der Waals surface area contributed by atoms with Crippen molar-refractivity contribution in [3.63, 3.8) is 0 Å². The molecule has 0 saturated carbocycles. The molecule has 24 heavy (non-hydrogen) atoms. The monoisotopic (exact) mass is 331 g/mol. The highest BCUT2D eigenvalue weighted by atomic mass is 16.6. The zero-order valence-electron chi connectivity index (χ0n) is 13.5. The Morgan fingerprint density at radius 2 is 1.96 bits per heavy atom. The van der Waals surface area contributed by atoms with Crippen LogP contribution in [0.4, 0.5) is 11.4 Å². The number of nitrogens with zero attached hydrogens (tertiary/aromatic N) is 2. The predicted molar refractivity (Wildman–Crippen MR) is 87.0 cm³/mol. The second kappa shape index (κ2) is 6.53. The molecule has 0 aliphatic heterocycles. The molecule has 1 heterocycles. The Labute approximate surface area is 138 Å². The van der Waals surface area contributed by atoms with Gasteiger partial charge in [0.05, 0.1) is 10.5 Å². The number of rotatable bonds is 5. The van der Waals surface area contributed by atoms with E-state index in [0.717, 1.165) is 17.5 Å². The maximum absolute atomic E-state index is 12.2. The smallest absolute Gasteiger partial charge is 0.338 e. The van der Waals surface area contributed by atoms with Gasteiger partial charge >= 0.3 is 5.97 Å². The summed E-state index contributed by atoms with van der Waals surface area (Å²) < 4.78 is 6.82. The van der Waals surface area contributed by atoms with Gasteiger partial charge in [-0.1, -0.05) is 0 Å². The number of ketones is 1. The minimum absolute atomic E-state index is 0.0373. The lowest BCUT2D eigenvalue weighted by molar-refractivity contribution is -0.383. The van der Waals surface area contributed by atoms with Gasteiger partial charge in [0.2, 0.25) is 5.78 Å². The molecule has 1 aromatic heterocycles. The molecule has 0 fully saturated rings. The number of aryl methyl sites for hydroxylation is 1. The van der Waals surface area contributed by atoms with E-state index < -0.39 is 17.5 Å². The van der Waals surface area contributed by atoms with Crippen molar-refractivity contribution in [1.29, 1.82) is 0 Å². The number of ether oxygens (including phenoxy) is 1. The highest BCUT2D eigenvalue weighted by Gasteiger charge is 2.19. The molecule has 0 unspecified atom stereocenters. The maximum atomic E-state index is 12.2. The van der Waals surface area contributed by atoms with E-state index in [-0.39, 0.29) is 22.7 Å². The minimum atomic E-state index is -0.822. The molecular formula is C16H17N3O5. The van der Waals surface area contributed by atoms with E-state index >= 15 is 0 Å². The van der Waals surface area contributed by atoms with Crippen molar-refractivity contribution in [1.82, 2.24) is 4.57 Å². The lowest BCUT2D eigenvalue weighted by atomic mass is 10.1. The van der Waals surface area contributed by atoms with Crippen LogP contribution in [0, 0.1) is 24.0 Å². The summed E-state index contributed by atoms with van der Waals surface area (Å²) in [5.74, 6) is -1.16. The zero-order valence-corrected chi connectivity index (χ0v) is 13.5. The highest BCUT2D eigenvalue weighted by molar-refractivity contribution is 6.00. The van der Waals surface area contributed by atoms with Crippen molar-refractivity contribution < 1.29 is 19.2 Å². The van der Waals surface area contributed by atoms with E-state index in [0.29, 0.717) is 5.56 Å². The number of aromatic nitrogens is 1. The van der Waals surface area contributed by atoms with Crippen LogP contribution in [-0.2, 0) is 11.8 Å². The second-order valence-electron chi connectivity index (χ2n) is 5.37. The van der Waals surface area contributed by atoms with Crippen LogP contribution in [0.1, 0.15) is 32.1 Å². The van der Waals surface area contributed by atoms with Crippen molar-refractivity contribution in [2.75, 3.05) is 12.3 Å². The predicted octanol–water partition coefficient (Wildman–Crippen LogP) is 2.17. The summed E-state index contributed by atoms with van der Waals surface area (Å²) in [7, 11) is 1.83. The Kier molecular flexibility index (Phi) is 4.68. The molecule has 0 bridgehead atoms. The number of nitrogens with two attached hydrogens (primary N) is 1. The molecule has 0 amide bonds. The molecule has 0 spiro atoms. The fourth-order valence-corrected chi connectivity index (χ4v) is 2.26. The molecule has 8 nitrogen and oxygen atoms in total. The average molecular weight is 331 g/mol. The molecule has 0 saturated heterocycles. The number of hydrogen-bond acceptors (Lipinski definition) is 6. The third kappa shape index (κ3) is 3.27. The van der Waals surface area contributed by atoms with E-state index in [4.69, 9.17) is 10.5 Å². The highest BCUT2D eigenvalue weighted by Crippen LogP contribution is 2.22. The van der Waals surface area contributed by atoms with E-state index in [2.05, 4.69) is 0 Å². The summed E-state index contributed by atoms with van der Waals surface area (Å²) in [5.41, 5.74) is 7.16. The van der Waals surface area contributed by atoms with Crippen molar-refractivity contribution >= 4 is 23.1 Å². The summed E-state index contributed by atoms with van der Waals surface area (Å²) >= 11 is 0. The van der Waals surface area contributed by atoms with Gasteiger partial charge in [-0.15, -0.1) is 0 Å². The number of carbonyl (C=O) groups excluding carboxylic acids is 2. The van der Waals surface area contributed by atoms with Gasteiger partial charge in [-0.2, -0.15) is 0 Å². The average Bonchev–Trinajstić information content (AvgIpc) is 2.80. The van der Waals surface area contributed by atoms with Gasteiger partial charge in [0.1, 0.15) is 5.69 Å². The number of nitro benzene ring substituents is 1. The molecule has 2 aromatic rings. The van der Waals surface area contributed by atoms with E-state index in [1.807, 2.05) is 18.5 Å². The molecule has 2 rings (SSSR count). The Bertz CT molecular complexity index is 838. The lowest BCUT2D eigenvalue weighted by Gasteiger charge is -2.05. The molecular weight excluding hydrogens is 314 g/mol. The van der Waals surface area contributed by atoms with Crippen LogP contribution < -0.4 is 5.73 Å². The molecule has 0 atom stereocenters. The largest absolute Gasteiger partial charge is 0.454 e. The molecule has 0 aliphatic carbocycles. The maximum Gasteiger partial charge on any atom is 0.338 e. The third-order valence-corrected chi connectivity index (χ3v) is 3.87. The normalized spacial score (nSPS) is 10.5. The summed E-state index contributed by atoms with van der Waals surface area (Å²) in [6.45, 7) is 3.22.